The molecule has 17 heavy (non-hydrogen) atoms. The molecule has 4 nitrogen and oxygen atoms in total. The van der Waals surface area contributed by atoms with Gasteiger partial charge in [-0.2, -0.15) is 0 Å². The van der Waals surface area contributed by atoms with Crippen LogP contribution in [0.15, 0.2) is 24.3 Å². The predicted octanol–water partition coefficient (Wildman–Crippen LogP) is 0.704. The minimum absolute atomic E-state index is 0.0562. The zero-order chi connectivity index (χ0) is 12.0. The number of para-hydroxylation sites is 1. The lowest BCUT2D eigenvalue weighted by Gasteiger charge is -2.18. The number of anilines is 1. The van der Waals surface area contributed by atoms with Crippen LogP contribution in [0.25, 0.3) is 0 Å². The van der Waals surface area contributed by atoms with E-state index in [4.69, 9.17) is 0 Å². The third-order valence-corrected chi connectivity index (χ3v) is 3.65. The van der Waals surface area contributed by atoms with Gasteiger partial charge >= 0.3 is 0 Å². The van der Waals surface area contributed by atoms with Crippen LogP contribution in [0, 0.1) is 18.8 Å². The summed E-state index contributed by atoms with van der Waals surface area (Å²) < 4.78 is 0. The molecule has 0 saturated carbocycles. The second-order valence-corrected chi connectivity index (χ2v) is 4.67. The minimum Gasteiger partial charge on any atom is -0.315 e. The summed E-state index contributed by atoms with van der Waals surface area (Å²) in [4.78, 5) is 25.8. The number of aryl methyl sites for hydroxylation is 1. The number of carbonyl (C=O) groups is 2. The summed E-state index contributed by atoms with van der Waals surface area (Å²) in [5, 5.41) is 3.10. The Morgan fingerprint density at radius 3 is 2.29 bits per heavy atom. The van der Waals surface area contributed by atoms with E-state index in [2.05, 4.69) is 5.32 Å². The maximum atomic E-state index is 12.2. The molecule has 1 aromatic carbocycles. The zero-order valence-corrected chi connectivity index (χ0v) is 9.64. The van der Waals surface area contributed by atoms with Crippen molar-refractivity contribution >= 4 is 17.5 Å². The second kappa shape index (κ2) is 3.67. The third kappa shape index (κ3) is 1.41. The smallest absolute Gasteiger partial charge is 0.239 e. The summed E-state index contributed by atoms with van der Waals surface area (Å²) in [7, 11) is 0. The van der Waals surface area contributed by atoms with Crippen molar-refractivity contribution in [2.75, 3.05) is 18.0 Å². The fourth-order valence-electron chi connectivity index (χ4n) is 2.69. The van der Waals surface area contributed by atoms with E-state index in [1.54, 1.807) is 0 Å². The van der Waals surface area contributed by atoms with Gasteiger partial charge in [0, 0.05) is 13.1 Å². The molecular formula is C13H14N2O2. The van der Waals surface area contributed by atoms with Gasteiger partial charge in [-0.05, 0) is 18.6 Å². The number of hydrogen-bond donors (Lipinski definition) is 1. The molecule has 4 heteroatoms. The van der Waals surface area contributed by atoms with Crippen molar-refractivity contribution in [1.82, 2.24) is 5.32 Å². The van der Waals surface area contributed by atoms with Crippen molar-refractivity contribution in [2.24, 2.45) is 11.8 Å². The Morgan fingerprint density at radius 2 is 1.71 bits per heavy atom. The first-order valence-electron chi connectivity index (χ1n) is 5.84. The minimum atomic E-state index is -0.165. The van der Waals surface area contributed by atoms with E-state index < -0.39 is 0 Å². The molecule has 2 unspecified atom stereocenters. The van der Waals surface area contributed by atoms with E-state index >= 15 is 0 Å². The second-order valence-electron chi connectivity index (χ2n) is 4.67. The standard InChI is InChI=1S/C13H14N2O2/c1-8-4-2-3-5-11(8)15-12(16)9-6-14-7-10(9)13(15)17/h2-5,9-10,14H,6-7H2,1H3. The number of nitrogens with zero attached hydrogens (tertiary/aromatic N) is 1. The maximum absolute atomic E-state index is 12.2. The van der Waals surface area contributed by atoms with Gasteiger partial charge in [-0.25, -0.2) is 4.90 Å². The van der Waals surface area contributed by atoms with Crippen LogP contribution >= 0.6 is 0 Å². The molecule has 0 aliphatic carbocycles. The largest absolute Gasteiger partial charge is 0.315 e. The molecule has 2 saturated heterocycles. The molecule has 0 aromatic heterocycles. The van der Waals surface area contributed by atoms with Crippen molar-refractivity contribution in [2.45, 2.75) is 6.92 Å². The van der Waals surface area contributed by atoms with Gasteiger partial charge < -0.3 is 5.32 Å². The number of benzene rings is 1. The van der Waals surface area contributed by atoms with Crippen LogP contribution in [-0.4, -0.2) is 24.9 Å². The van der Waals surface area contributed by atoms with Gasteiger partial charge in [0.05, 0.1) is 17.5 Å². The van der Waals surface area contributed by atoms with Gasteiger partial charge in [0.1, 0.15) is 0 Å². The van der Waals surface area contributed by atoms with Crippen LogP contribution in [-0.2, 0) is 9.59 Å². The lowest BCUT2D eigenvalue weighted by atomic mass is 10.00. The molecule has 2 heterocycles. The first kappa shape index (κ1) is 10.5. The van der Waals surface area contributed by atoms with Crippen LogP contribution in [0.1, 0.15) is 5.56 Å². The van der Waals surface area contributed by atoms with E-state index in [1.165, 1.54) is 4.90 Å². The molecule has 2 atom stereocenters. The number of imide groups is 1. The van der Waals surface area contributed by atoms with Gasteiger partial charge in [0.25, 0.3) is 0 Å². The Kier molecular flexibility index (Phi) is 2.26. The highest BCUT2D eigenvalue weighted by atomic mass is 16.2. The van der Waals surface area contributed by atoms with E-state index in [-0.39, 0.29) is 23.7 Å². The highest BCUT2D eigenvalue weighted by Gasteiger charge is 2.50. The molecule has 0 spiro atoms. The Balaban J connectivity index is 2.03. The Labute approximate surface area is 99.6 Å². The van der Waals surface area contributed by atoms with Crippen LogP contribution in [0.5, 0.6) is 0 Å². The SMILES string of the molecule is Cc1ccccc1N1C(=O)C2CNCC2C1=O. The van der Waals surface area contributed by atoms with Gasteiger partial charge in [0.2, 0.25) is 11.8 Å². The van der Waals surface area contributed by atoms with Gasteiger partial charge in [-0.3, -0.25) is 9.59 Å². The number of amides is 2. The summed E-state index contributed by atoms with van der Waals surface area (Å²) in [6, 6.07) is 7.52. The molecule has 2 aliphatic rings. The molecule has 1 N–H and O–H groups in total. The Hall–Kier alpha value is -1.68. The van der Waals surface area contributed by atoms with Gasteiger partial charge in [0.15, 0.2) is 0 Å². The number of fused-ring (bicyclic) bond motifs is 1. The van der Waals surface area contributed by atoms with E-state index in [0.29, 0.717) is 13.1 Å². The Bertz CT molecular complexity index is 476. The average molecular weight is 230 g/mol. The molecule has 2 amide bonds. The molecule has 0 radical (unpaired) electrons. The number of nitrogens with one attached hydrogen (secondary N) is 1. The molecule has 3 rings (SSSR count). The fourth-order valence-corrected chi connectivity index (χ4v) is 2.69. The quantitative estimate of drug-likeness (QED) is 0.723. The molecule has 2 fully saturated rings. The average Bonchev–Trinajstić information content (AvgIpc) is 2.87. The van der Waals surface area contributed by atoms with Gasteiger partial charge in [-0.1, -0.05) is 18.2 Å². The highest BCUT2D eigenvalue weighted by Crippen LogP contribution is 2.34. The first-order chi connectivity index (χ1) is 8.20. The molecule has 0 bridgehead atoms. The van der Waals surface area contributed by atoms with Crippen LogP contribution in [0.4, 0.5) is 5.69 Å². The third-order valence-electron chi connectivity index (χ3n) is 3.65. The summed E-state index contributed by atoms with van der Waals surface area (Å²) in [5.74, 6) is -0.442. The first-order valence-corrected chi connectivity index (χ1v) is 5.84. The number of hydrogen-bond acceptors (Lipinski definition) is 3. The zero-order valence-electron chi connectivity index (χ0n) is 9.64. The van der Waals surface area contributed by atoms with Crippen molar-refractivity contribution in [3.05, 3.63) is 29.8 Å². The monoisotopic (exact) mass is 230 g/mol. The topological polar surface area (TPSA) is 49.4 Å². The van der Waals surface area contributed by atoms with Crippen molar-refractivity contribution in [1.29, 1.82) is 0 Å². The van der Waals surface area contributed by atoms with E-state index in [0.717, 1.165) is 11.3 Å². The molecule has 2 aliphatic heterocycles. The van der Waals surface area contributed by atoms with E-state index in [9.17, 15) is 9.59 Å². The predicted molar refractivity (Wildman–Crippen MR) is 63.5 cm³/mol. The van der Waals surface area contributed by atoms with Gasteiger partial charge in [-0.15, -0.1) is 0 Å². The van der Waals surface area contributed by atoms with Crippen molar-refractivity contribution < 1.29 is 9.59 Å². The van der Waals surface area contributed by atoms with Crippen molar-refractivity contribution in [3.63, 3.8) is 0 Å². The Morgan fingerprint density at radius 1 is 1.12 bits per heavy atom. The molecule has 88 valence electrons. The summed E-state index contributed by atoms with van der Waals surface area (Å²) in [6.07, 6.45) is 0. The van der Waals surface area contributed by atoms with E-state index in [1.807, 2.05) is 31.2 Å². The summed E-state index contributed by atoms with van der Waals surface area (Å²) in [6.45, 7) is 3.16. The molecular weight excluding hydrogens is 216 g/mol. The van der Waals surface area contributed by atoms with Crippen LogP contribution < -0.4 is 10.2 Å². The lowest BCUT2D eigenvalue weighted by molar-refractivity contribution is -0.122. The van der Waals surface area contributed by atoms with Crippen LogP contribution in [0.2, 0.25) is 0 Å². The summed E-state index contributed by atoms with van der Waals surface area (Å²) in [5.41, 5.74) is 1.69. The molecule has 1 aromatic rings. The number of carbonyl (C=O) groups excluding carboxylic acids is 2. The normalized spacial score (nSPS) is 27.7. The van der Waals surface area contributed by atoms with Crippen LogP contribution in [0.3, 0.4) is 0 Å². The summed E-state index contributed by atoms with van der Waals surface area (Å²) >= 11 is 0. The highest BCUT2D eigenvalue weighted by molar-refractivity contribution is 6.22. The lowest BCUT2D eigenvalue weighted by Crippen LogP contribution is -2.35. The van der Waals surface area contributed by atoms with Crippen molar-refractivity contribution in [3.8, 4) is 0 Å². The maximum Gasteiger partial charge on any atom is 0.239 e. The number of rotatable bonds is 1. The fraction of sp³-hybridized carbons (Fsp3) is 0.385.